The van der Waals surface area contributed by atoms with E-state index in [1.165, 1.54) is 0 Å². The van der Waals surface area contributed by atoms with E-state index in [9.17, 15) is 0 Å². The van der Waals surface area contributed by atoms with E-state index in [1.807, 2.05) is 11.8 Å². The van der Waals surface area contributed by atoms with Crippen molar-refractivity contribution in [3.8, 4) is 0 Å². The average molecular weight is 205 g/mol. The standard InChI is InChI=1S/C10H23NOS/c1-5-9(11)8-13-7-6-12-10(2,3)4/h9H,5-8,11H2,1-4H3. The molecule has 0 bridgehead atoms. The lowest BCUT2D eigenvalue weighted by Gasteiger charge is -2.19. The quantitative estimate of drug-likeness (QED) is 0.676. The first kappa shape index (κ1) is 13.3. The minimum atomic E-state index is -0.00652. The van der Waals surface area contributed by atoms with E-state index in [4.69, 9.17) is 10.5 Å². The van der Waals surface area contributed by atoms with Gasteiger partial charge < -0.3 is 10.5 Å². The molecule has 13 heavy (non-hydrogen) atoms. The number of thioether (sulfide) groups is 1. The van der Waals surface area contributed by atoms with Crippen molar-refractivity contribution in [2.24, 2.45) is 5.73 Å². The van der Waals surface area contributed by atoms with Crippen molar-refractivity contribution in [2.45, 2.75) is 45.8 Å². The molecular weight excluding hydrogens is 182 g/mol. The van der Waals surface area contributed by atoms with Gasteiger partial charge in [0.25, 0.3) is 0 Å². The monoisotopic (exact) mass is 205 g/mol. The van der Waals surface area contributed by atoms with Crippen molar-refractivity contribution in [1.29, 1.82) is 0 Å². The van der Waals surface area contributed by atoms with Crippen LogP contribution in [0.15, 0.2) is 0 Å². The molecule has 0 saturated carbocycles. The Morgan fingerprint density at radius 1 is 1.38 bits per heavy atom. The first-order chi connectivity index (χ1) is 5.95. The molecule has 0 aliphatic heterocycles. The summed E-state index contributed by atoms with van der Waals surface area (Å²) >= 11 is 1.88. The lowest BCUT2D eigenvalue weighted by Crippen LogP contribution is -2.23. The van der Waals surface area contributed by atoms with Crippen molar-refractivity contribution in [3.05, 3.63) is 0 Å². The Labute approximate surface area is 86.6 Å². The summed E-state index contributed by atoms with van der Waals surface area (Å²) in [5.41, 5.74) is 5.77. The van der Waals surface area contributed by atoms with Crippen molar-refractivity contribution in [3.63, 3.8) is 0 Å². The maximum atomic E-state index is 5.78. The van der Waals surface area contributed by atoms with Crippen LogP contribution in [0.2, 0.25) is 0 Å². The number of hydrogen-bond donors (Lipinski definition) is 1. The molecule has 3 heteroatoms. The molecular formula is C10H23NOS. The molecule has 80 valence electrons. The highest BCUT2D eigenvalue weighted by Crippen LogP contribution is 2.09. The predicted octanol–water partition coefficient (Wildman–Crippen LogP) is 2.27. The Hall–Kier alpha value is 0.270. The molecule has 0 rings (SSSR count). The summed E-state index contributed by atoms with van der Waals surface area (Å²) in [6.07, 6.45) is 1.06. The van der Waals surface area contributed by atoms with E-state index in [0.29, 0.717) is 6.04 Å². The minimum absolute atomic E-state index is 0.00652. The number of nitrogens with two attached hydrogens (primary N) is 1. The number of ether oxygens (including phenoxy) is 1. The second-order valence-corrected chi connectivity index (χ2v) is 5.35. The molecule has 0 aliphatic rings. The summed E-state index contributed by atoms with van der Waals surface area (Å²) in [6.45, 7) is 9.18. The topological polar surface area (TPSA) is 35.2 Å². The van der Waals surface area contributed by atoms with Crippen LogP contribution < -0.4 is 5.73 Å². The fourth-order valence-corrected chi connectivity index (χ4v) is 1.67. The Bertz CT molecular complexity index is 123. The lowest BCUT2D eigenvalue weighted by molar-refractivity contribution is 0.00695. The molecule has 1 atom stereocenters. The molecule has 0 saturated heterocycles. The Morgan fingerprint density at radius 2 is 2.00 bits per heavy atom. The zero-order valence-electron chi connectivity index (χ0n) is 9.30. The SMILES string of the molecule is CCC(N)CSCCOC(C)(C)C. The first-order valence-electron chi connectivity index (χ1n) is 4.93. The van der Waals surface area contributed by atoms with Crippen LogP contribution in [-0.2, 0) is 4.74 Å². The number of hydrogen-bond acceptors (Lipinski definition) is 3. The molecule has 1 unspecified atom stereocenters. The van der Waals surface area contributed by atoms with Gasteiger partial charge in [0.2, 0.25) is 0 Å². The van der Waals surface area contributed by atoms with Crippen LogP contribution in [-0.4, -0.2) is 29.8 Å². The van der Waals surface area contributed by atoms with Gasteiger partial charge in [0.1, 0.15) is 0 Å². The van der Waals surface area contributed by atoms with Gasteiger partial charge in [-0.1, -0.05) is 6.92 Å². The molecule has 0 amide bonds. The van der Waals surface area contributed by atoms with Crippen molar-refractivity contribution in [1.82, 2.24) is 0 Å². The Morgan fingerprint density at radius 3 is 2.46 bits per heavy atom. The average Bonchev–Trinajstić information content (AvgIpc) is 2.01. The van der Waals surface area contributed by atoms with Gasteiger partial charge >= 0.3 is 0 Å². The third kappa shape index (κ3) is 10.2. The maximum Gasteiger partial charge on any atom is 0.0598 e. The van der Waals surface area contributed by atoms with Gasteiger partial charge in [-0.05, 0) is 27.2 Å². The third-order valence-corrected chi connectivity index (χ3v) is 2.74. The molecule has 0 fully saturated rings. The smallest absolute Gasteiger partial charge is 0.0598 e. The lowest BCUT2D eigenvalue weighted by atomic mass is 10.2. The van der Waals surface area contributed by atoms with E-state index >= 15 is 0 Å². The van der Waals surface area contributed by atoms with Crippen molar-refractivity contribution < 1.29 is 4.74 Å². The second kappa shape index (κ2) is 6.68. The molecule has 0 aliphatic carbocycles. The van der Waals surface area contributed by atoms with Crippen molar-refractivity contribution in [2.75, 3.05) is 18.1 Å². The highest BCUT2D eigenvalue weighted by molar-refractivity contribution is 7.99. The molecule has 0 aromatic heterocycles. The molecule has 0 aromatic rings. The third-order valence-electron chi connectivity index (χ3n) is 1.62. The van der Waals surface area contributed by atoms with Gasteiger partial charge in [0.05, 0.1) is 12.2 Å². The van der Waals surface area contributed by atoms with Crippen LogP contribution in [0.25, 0.3) is 0 Å². The summed E-state index contributed by atoms with van der Waals surface area (Å²) in [7, 11) is 0. The van der Waals surface area contributed by atoms with Crippen molar-refractivity contribution >= 4 is 11.8 Å². The summed E-state index contributed by atoms with van der Waals surface area (Å²) in [5, 5.41) is 0. The predicted molar refractivity (Wildman–Crippen MR) is 61.3 cm³/mol. The molecule has 0 heterocycles. The van der Waals surface area contributed by atoms with Crippen LogP contribution in [0.1, 0.15) is 34.1 Å². The first-order valence-corrected chi connectivity index (χ1v) is 6.08. The van der Waals surface area contributed by atoms with Crippen LogP contribution >= 0.6 is 11.8 Å². The molecule has 2 N–H and O–H groups in total. The van der Waals surface area contributed by atoms with Gasteiger partial charge in [0.15, 0.2) is 0 Å². The molecule has 0 aromatic carbocycles. The summed E-state index contributed by atoms with van der Waals surface area (Å²) in [5.74, 6) is 2.09. The summed E-state index contributed by atoms with van der Waals surface area (Å²) < 4.78 is 5.58. The van der Waals surface area contributed by atoms with E-state index in [1.54, 1.807) is 0 Å². The fourth-order valence-electron chi connectivity index (χ4n) is 0.759. The summed E-state index contributed by atoms with van der Waals surface area (Å²) in [4.78, 5) is 0. The van der Waals surface area contributed by atoms with Gasteiger partial charge in [-0.15, -0.1) is 0 Å². The van der Waals surface area contributed by atoms with Crippen LogP contribution in [0, 0.1) is 0 Å². The molecule has 2 nitrogen and oxygen atoms in total. The maximum absolute atomic E-state index is 5.78. The van der Waals surface area contributed by atoms with Gasteiger partial charge in [-0.3, -0.25) is 0 Å². The van der Waals surface area contributed by atoms with Gasteiger partial charge in [0, 0.05) is 17.5 Å². The van der Waals surface area contributed by atoms with E-state index in [0.717, 1.165) is 24.5 Å². The summed E-state index contributed by atoms with van der Waals surface area (Å²) in [6, 6.07) is 0.347. The van der Waals surface area contributed by atoms with Crippen LogP contribution in [0.5, 0.6) is 0 Å². The fraction of sp³-hybridized carbons (Fsp3) is 1.00. The Kier molecular flexibility index (Phi) is 6.82. The van der Waals surface area contributed by atoms with Crippen LogP contribution in [0.3, 0.4) is 0 Å². The largest absolute Gasteiger partial charge is 0.375 e. The van der Waals surface area contributed by atoms with Crippen LogP contribution in [0.4, 0.5) is 0 Å². The normalized spacial score (nSPS) is 14.5. The van der Waals surface area contributed by atoms with E-state index in [2.05, 4.69) is 27.7 Å². The van der Waals surface area contributed by atoms with E-state index < -0.39 is 0 Å². The van der Waals surface area contributed by atoms with Gasteiger partial charge in [-0.2, -0.15) is 11.8 Å². The second-order valence-electron chi connectivity index (χ2n) is 4.20. The van der Waals surface area contributed by atoms with Gasteiger partial charge in [-0.25, -0.2) is 0 Å². The zero-order valence-corrected chi connectivity index (χ0v) is 10.1. The highest BCUT2D eigenvalue weighted by atomic mass is 32.2. The molecule has 0 spiro atoms. The number of rotatable bonds is 6. The molecule has 0 radical (unpaired) electrons. The van der Waals surface area contributed by atoms with E-state index in [-0.39, 0.29) is 5.60 Å². The minimum Gasteiger partial charge on any atom is -0.375 e. The zero-order chi connectivity index (χ0) is 10.3. The highest BCUT2D eigenvalue weighted by Gasteiger charge is 2.09. The Balaban J connectivity index is 3.18.